The first-order valence-electron chi connectivity index (χ1n) is 9.82. The Kier molecular flexibility index (Phi) is 3.64. The summed E-state index contributed by atoms with van der Waals surface area (Å²) in [6, 6.07) is 14.0. The third-order valence-electron chi connectivity index (χ3n) is 5.26. The van der Waals surface area contributed by atoms with Crippen molar-refractivity contribution in [2.45, 2.75) is 13.5 Å². The Bertz CT molecular complexity index is 1380. The molecule has 5 heterocycles. The van der Waals surface area contributed by atoms with E-state index >= 15 is 0 Å². The quantitative estimate of drug-likeness (QED) is 0.504. The smallest absolute Gasteiger partial charge is 0.204 e. The second-order valence-electron chi connectivity index (χ2n) is 7.26. The van der Waals surface area contributed by atoms with Crippen LogP contribution in [0.5, 0.6) is 0 Å². The number of pyridine rings is 1. The summed E-state index contributed by atoms with van der Waals surface area (Å²) < 4.78 is 3.92. The molecule has 0 atom stereocenters. The number of imidazole rings is 1. The molecule has 0 bridgehead atoms. The predicted octanol–water partition coefficient (Wildman–Crippen LogP) is 3.47. The Labute approximate surface area is 172 Å². The van der Waals surface area contributed by atoms with Gasteiger partial charge in [-0.15, -0.1) is 0 Å². The minimum absolute atomic E-state index is 0.686. The second kappa shape index (κ2) is 6.48. The molecular weight excluding hydrogens is 376 g/mol. The van der Waals surface area contributed by atoms with E-state index in [2.05, 4.69) is 32.1 Å². The number of benzene rings is 1. The van der Waals surface area contributed by atoms with Crippen molar-refractivity contribution in [3.05, 3.63) is 66.7 Å². The summed E-state index contributed by atoms with van der Waals surface area (Å²) in [6.07, 6.45) is 5.32. The Hall–Kier alpha value is -4.07. The third-order valence-corrected chi connectivity index (χ3v) is 5.26. The molecule has 146 valence electrons. The lowest BCUT2D eigenvalue weighted by Crippen LogP contribution is -2.01. The van der Waals surface area contributed by atoms with Crippen molar-refractivity contribution in [1.82, 2.24) is 34.3 Å². The first-order chi connectivity index (χ1) is 14.8. The van der Waals surface area contributed by atoms with Crippen LogP contribution in [0.3, 0.4) is 0 Å². The van der Waals surface area contributed by atoms with Crippen LogP contribution in [0.15, 0.2) is 61.1 Å². The number of hydrogen-bond donors (Lipinski definition) is 1. The van der Waals surface area contributed by atoms with E-state index in [0.717, 1.165) is 58.4 Å². The van der Waals surface area contributed by atoms with Crippen molar-refractivity contribution in [3.63, 3.8) is 0 Å². The monoisotopic (exact) mass is 394 g/mol. The Balaban J connectivity index is 1.55. The standard InChI is InChI=1S/C22H18N8/c1-14-4-2-5-17(26-14)20-21(29-11-9-23-22(29)28-20)15-6-7-16-18(12-15)27-19(13-24-16)30-10-3-8-25-30/h2-8,10,12-13H,9,11H2,1H3,(H,23,28). The maximum absolute atomic E-state index is 4.86. The Morgan fingerprint density at radius 2 is 1.97 bits per heavy atom. The van der Waals surface area contributed by atoms with E-state index in [4.69, 9.17) is 15.0 Å². The molecular formula is C22H18N8. The highest BCUT2D eigenvalue weighted by Gasteiger charge is 2.24. The summed E-state index contributed by atoms with van der Waals surface area (Å²) in [7, 11) is 0. The van der Waals surface area contributed by atoms with E-state index < -0.39 is 0 Å². The topological polar surface area (TPSA) is 86.3 Å². The number of rotatable bonds is 3. The van der Waals surface area contributed by atoms with Crippen molar-refractivity contribution in [3.8, 4) is 28.5 Å². The van der Waals surface area contributed by atoms with E-state index in [1.54, 1.807) is 17.1 Å². The van der Waals surface area contributed by atoms with Crippen molar-refractivity contribution in [2.24, 2.45) is 0 Å². The molecule has 30 heavy (non-hydrogen) atoms. The van der Waals surface area contributed by atoms with Crippen LogP contribution < -0.4 is 5.32 Å². The fraction of sp³-hybridized carbons (Fsp3) is 0.136. The highest BCUT2D eigenvalue weighted by molar-refractivity contribution is 5.86. The molecule has 8 heteroatoms. The van der Waals surface area contributed by atoms with Gasteiger partial charge in [-0.2, -0.15) is 5.10 Å². The fourth-order valence-electron chi connectivity index (χ4n) is 3.89. The first-order valence-corrected chi connectivity index (χ1v) is 9.82. The zero-order valence-electron chi connectivity index (χ0n) is 16.3. The summed E-state index contributed by atoms with van der Waals surface area (Å²) in [6.45, 7) is 3.72. The van der Waals surface area contributed by atoms with Gasteiger partial charge in [-0.3, -0.25) is 9.97 Å². The molecule has 6 rings (SSSR count). The Morgan fingerprint density at radius 1 is 1.00 bits per heavy atom. The van der Waals surface area contributed by atoms with E-state index in [1.807, 2.05) is 43.5 Å². The lowest BCUT2D eigenvalue weighted by molar-refractivity contribution is 0.817. The number of aromatic nitrogens is 7. The lowest BCUT2D eigenvalue weighted by Gasteiger charge is -2.09. The Morgan fingerprint density at radius 3 is 2.83 bits per heavy atom. The SMILES string of the molecule is Cc1cccc(-c2nc3n(c2-c2ccc4ncc(-n5cccn5)nc4c2)CCN3)n1. The number of aryl methyl sites for hydroxylation is 1. The zero-order valence-corrected chi connectivity index (χ0v) is 16.3. The molecule has 0 saturated carbocycles. The van der Waals surface area contributed by atoms with Crippen molar-refractivity contribution < 1.29 is 0 Å². The summed E-state index contributed by atoms with van der Waals surface area (Å²) in [5.74, 6) is 1.56. The van der Waals surface area contributed by atoms with E-state index in [9.17, 15) is 0 Å². The molecule has 0 amide bonds. The maximum Gasteiger partial charge on any atom is 0.204 e. The average Bonchev–Trinajstić information content (AvgIpc) is 3.50. The molecule has 1 aromatic carbocycles. The molecule has 1 aliphatic rings. The van der Waals surface area contributed by atoms with E-state index in [-0.39, 0.29) is 0 Å². The molecule has 0 aliphatic carbocycles. The normalized spacial score (nSPS) is 12.8. The van der Waals surface area contributed by atoms with Crippen LogP contribution in [0.4, 0.5) is 5.95 Å². The highest BCUT2D eigenvalue weighted by Crippen LogP contribution is 2.36. The van der Waals surface area contributed by atoms with Crippen LogP contribution in [0.25, 0.3) is 39.5 Å². The number of anilines is 1. The average molecular weight is 394 g/mol. The molecule has 1 aliphatic heterocycles. The van der Waals surface area contributed by atoms with Gasteiger partial charge in [0, 0.05) is 36.7 Å². The van der Waals surface area contributed by atoms with Crippen LogP contribution in [0, 0.1) is 6.92 Å². The largest absolute Gasteiger partial charge is 0.354 e. The van der Waals surface area contributed by atoms with Gasteiger partial charge < -0.3 is 9.88 Å². The first kappa shape index (κ1) is 16.8. The molecule has 0 unspecified atom stereocenters. The summed E-state index contributed by atoms with van der Waals surface area (Å²) in [5, 5.41) is 7.62. The highest BCUT2D eigenvalue weighted by atomic mass is 15.3. The molecule has 0 saturated heterocycles. The van der Waals surface area contributed by atoms with Gasteiger partial charge in [0.25, 0.3) is 0 Å². The molecule has 0 fully saturated rings. The van der Waals surface area contributed by atoms with Gasteiger partial charge in [-0.05, 0) is 37.3 Å². The van der Waals surface area contributed by atoms with Crippen molar-refractivity contribution in [1.29, 1.82) is 0 Å². The van der Waals surface area contributed by atoms with Crippen LogP contribution in [-0.2, 0) is 6.54 Å². The number of nitrogens with zero attached hydrogens (tertiary/aromatic N) is 7. The number of fused-ring (bicyclic) bond motifs is 2. The lowest BCUT2D eigenvalue weighted by atomic mass is 10.1. The van der Waals surface area contributed by atoms with Gasteiger partial charge in [-0.1, -0.05) is 12.1 Å². The minimum Gasteiger partial charge on any atom is -0.354 e. The molecule has 0 radical (unpaired) electrons. The summed E-state index contributed by atoms with van der Waals surface area (Å²) in [5.41, 5.74) is 6.43. The summed E-state index contributed by atoms with van der Waals surface area (Å²) in [4.78, 5) is 18.9. The van der Waals surface area contributed by atoms with Gasteiger partial charge in [0.15, 0.2) is 5.82 Å². The van der Waals surface area contributed by atoms with Gasteiger partial charge in [0.1, 0.15) is 5.69 Å². The molecule has 4 aromatic heterocycles. The van der Waals surface area contributed by atoms with Gasteiger partial charge in [-0.25, -0.2) is 14.6 Å². The number of hydrogen-bond acceptors (Lipinski definition) is 6. The third kappa shape index (κ3) is 2.65. The van der Waals surface area contributed by atoms with Crippen molar-refractivity contribution >= 4 is 17.0 Å². The van der Waals surface area contributed by atoms with E-state index in [0.29, 0.717) is 5.82 Å². The van der Waals surface area contributed by atoms with Crippen LogP contribution in [0.2, 0.25) is 0 Å². The molecule has 5 aromatic rings. The molecule has 1 N–H and O–H groups in total. The minimum atomic E-state index is 0.686. The van der Waals surface area contributed by atoms with Gasteiger partial charge >= 0.3 is 0 Å². The molecule has 8 nitrogen and oxygen atoms in total. The maximum atomic E-state index is 4.86. The second-order valence-corrected chi connectivity index (χ2v) is 7.26. The van der Waals surface area contributed by atoms with E-state index in [1.165, 1.54) is 0 Å². The number of nitrogens with one attached hydrogen (secondary N) is 1. The van der Waals surface area contributed by atoms with Crippen molar-refractivity contribution in [2.75, 3.05) is 11.9 Å². The predicted molar refractivity (Wildman–Crippen MR) is 114 cm³/mol. The van der Waals surface area contributed by atoms with Crippen LogP contribution >= 0.6 is 0 Å². The van der Waals surface area contributed by atoms with Gasteiger partial charge in [0.05, 0.1) is 28.6 Å². The zero-order chi connectivity index (χ0) is 20.1. The molecule has 0 spiro atoms. The van der Waals surface area contributed by atoms with Crippen LogP contribution in [0.1, 0.15) is 5.69 Å². The fourth-order valence-corrected chi connectivity index (χ4v) is 3.89. The van der Waals surface area contributed by atoms with Gasteiger partial charge in [0.2, 0.25) is 5.95 Å². The van der Waals surface area contributed by atoms with Crippen LogP contribution in [-0.4, -0.2) is 40.8 Å². The summed E-state index contributed by atoms with van der Waals surface area (Å²) >= 11 is 0.